The molecular weight excluding hydrogens is 286 g/mol. The van der Waals surface area contributed by atoms with Gasteiger partial charge in [0.15, 0.2) is 0 Å². The van der Waals surface area contributed by atoms with Crippen LogP contribution < -0.4 is 15.8 Å². The van der Waals surface area contributed by atoms with E-state index in [9.17, 15) is 9.59 Å². The first-order chi connectivity index (χ1) is 10.8. The molecule has 0 radical (unpaired) electrons. The lowest BCUT2D eigenvalue weighted by molar-refractivity contribution is 0.356. The molecule has 1 aliphatic rings. The van der Waals surface area contributed by atoms with Crippen molar-refractivity contribution in [2.45, 2.75) is 41.0 Å². The Balaban J connectivity index is 2.10. The van der Waals surface area contributed by atoms with Crippen molar-refractivity contribution in [2.75, 3.05) is 18.0 Å². The fourth-order valence-electron chi connectivity index (χ4n) is 4.01. The predicted molar refractivity (Wildman–Crippen MR) is 96.2 cm³/mol. The van der Waals surface area contributed by atoms with E-state index in [0.717, 1.165) is 29.8 Å². The SMILES string of the molecule is Cc1cc(C)c(-c2c(N3C[C@H](C)C[C@H](C)C3)c(=O)c2=O)cc1C. The van der Waals surface area contributed by atoms with Gasteiger partial charge in [-0.25, -0.2) is 0 Å². The summed E-state index contributed by atoms with van der Waals surface area (Å²) in [5, 5.41) is 0. The van der Waals surface area contributed by atoms with Crippen molar-refractivity contribution in [3.05, 3.63) is 49.3 Å². The maximum atomic E-state index is 12.3. The van der Waals surface area contributed by atoms with Gasteiger partial charge in [-0.1, -0.05) is 26.0 Å². The first-order valence-corrected chi connectivity index (χ1v) is 8.46. The summed E-state index contributed by atoms with van der Waals surface area (Å²) in [6.45, 7) is 12.3. The van der Waals surface area contributed by atoms with Crippen LogP contribution in [0.1, 0.15) is 37.0 Å². The van der Waals surface area contributed by atoms with Gasteiger partial charge in [0.25, 0.3) is 0 Å². The van der Waals surface area contributed by atoms with E-state index in [1.54, 1.807) is 0 Å². The molecule has 0 N–H and O–H groups in total. The molecule has 1 aliphatic heterocycles. The third-order valence-electron chi connectivity index (χ3n) is 5.18. The third-order valence-corrected chi connectivity index (χ3v) is 5.18. The lowest BCUT2D eigenvalue weighted by atomic mass is 9.87. The molecule has 3 nitrogen and oxygen atoms in total. The second-order valence-electron chi connectivity index (χ2n) is 7.48. The van der Waals surface area contributed by atoms with Gasteiger partial charge in [-0.2, -0.15) is 0 Å². The molecule has 1 fully saturated rings. The van der Waals surface area contributed by atoms with Crippen LogP contribution in [0.15, 0.2) is 21.7 Å². The average Bonchev–Trinajstić information content (AvgIpc) is 2.47. The number of rotatable bonds is 2. The normalized spacial score (nSPS) is 21.9. The topological polar surface area (TPSA) is 37.4 Å². The van der Waals surface area contributed by atoms with Crippen LogP contribution in [0.3, 0.4) is 0 Å². The summed E-state index contributed by atoms with van der Waals surface area (Å²) in [7, 11) is 0. The van der Waals surface area contributed by atoms with E-state index in [-0.39, 0.29) is 10.9 Å². The van der Waals surface area contributed by atoms with Crippen LogP contribution in [0, 0.1) is 32.6 Å². The minimum absolute atomic E-state index is 0.307. The van der Waals surface area contributed by atoms with Gasteiger partial charge in [-0.15, -0.1) is 0 Å². The molecule has 2 aromatic rings. The summed E-state index contributed by atoms with van der Waals surface area (Å²) in [4.78, 5) is 26.7. The van der Waals surface area contributed by atoms with Crippen molar-refractivity contribution < 1.29 is 0 Å². The van der Waals surface area contributed by atoms with E-state index >= 15 is 0 Å². The molecule has 0 bridgehead atoms. The maximum Gasteiger partial charge on any atom is 0.250 e. The smallest absolute Gasteiger partial charge is 0.250 e. The van der Waals surface area contributed by atoms with E-state index < -0.39 is 0 Å². The second kappa shape index (κ2) is 5.63. The van der Waals surface area contributed by atoms with Crippen LogP contribution in [0.4, 0.5) is 5.69 Å². The zero-order valence-electron chi connectivity index (χ0n) is 14.7. The molecule has 0 amide bonds. The first-order valence-electron chi connectivity index (χ1n) is 8.46. The molecule has 2 atom stereocenters. The molecule has 1 heterocycles. The maximum absolute atomic E-state index is 12.3. The molecule has 1 saturated heterocycles. The third kappa shape index (κ3) is 2.62. The van der Waals surface area contributed by atoms with Crippen molar-refractivity contribution in [2.24, 2.45) is 11.8 Å². The quantitative estimate of drug-likeness (QED) is 0.798. The molecule has 23 heavy (non-hydrogen) atoms. The highest BCUT2D eigenvalue weighted by Gasteiger charge is 2.31. The van der Waals surface area contributed by atoms with Gasteiger partial charge in [-0.05, 0) is 61.3 Å². The first kappa shape index (κ1) is 16.0. The standard InChI is InChI=1S/C20H25NO2/c1-11-6-12(2)10-21(9-11)18-17(19(22)20(18)23)16-8-14(4)13(3)7-15(16)5/h7-8,11-12H,6,9-10H2,1-5H3/t11-,12+. The van der Waals surface area contributed by atoms with Crippen LogP contribution in [0.5, 0.6) is 0 Å². The molecule has 2 aromatic carbocycles. The number of piperidine rings is 1. The van der Waals surface area contributed by atoms with Crippen molar-refractivity contribution >= 4 is 5.69 Å². The minimum atomic E-state index is -0.322. The summed E-state index contributed by atoms with van der Waals surface area (Å²) in [6, 6.07) is 4.16. The molecule has 0 saturated carbocycles. The Labute approximate surface area is 137 Å². The molecule has 0 unspecified atom stereocenters. The van der Waals surface area contributed by atoms with Crippen molar-refractivity contribution in [3.63, 3.8) is 0 Å². The fourth-order valence-corrected chi connectivity index (χ4v) is 4.01. The highest BCUT2D eigenvalue weighted by molar-refractivity contribution is 5.85. The molecule has 0 aliphatic carbocycles. The number of anilines is 1. The summed E-state index contributed by atoms with van der Waals surface area (Å²) in [6.07, 6.45) is 1.18. The van der Waals surface area contributed by atoms with Crippen LogP contribution in [-0.2, 0) is 0 Å². The highest BCUT2D eigenvalue weighted by Crippen LogP contribution is 2.34. The lowest BCUT2D eigenvalue weighted by Crippen LogP contribution is -2.47. The van der Waals surface area contributed by atoms with E-state index in [1.807, 2.05) is 6.92 Å². The van der Waals surface area contributed by atoms with Gasteiger partial charge >= 0.3 is 0 Å². The molecular formula is C20H25NO2. The number of benzene rings is 1. The van der Waals surface area contributed by atoms with E-state index in [4.69, 9.17) is 0 Å². The minimum Gasteiger partial charge on any atom is -0.367 e. The summed E-state index contributed by atoms with van der Waals surface area (Å²) in [5.74, 6) is 1.11. The van der Waals surface area contributed by atoms with Gasteiger partial charge in [0.1, 0.15) is 5.69 Å². The largest absolute Gasteiger partial charge is 0.367 e. The van der Waals surface area contributed by atoms with Gasteiger partial charge in [-0.3, -0.25) is 9.59 Å². The Hall–Kier alpha value is -1.90. The van der Waals surface area contributed by atoms with Crippen LogP contribution in [-0.4, -0.2) is 13.1 Å². The van der Waals surface area contributed by atoms with Crippen molar-refractivity contribution in [1.29, 1.82) is 0 Å². The van der Waals surface area contributed by atoms with Crippen molar-refractivity contribution in [1.82, 2.24) is 0 Å². The molecule has 3 rings (SSSR count). The predicted octanol–water partition coefficient (Wildman–Crippen LogP) is 3.36. The van der Waals surface area contributed by atoms with Gasteiger partial charge < -0.3 is 4.90 Å². The Bertz CT molecular complexity index is 817. The average molecular weight is 311 g/mol. The Morgan fingerprint density at radius 3 is 2.04 bits per heavy atom. The monoisotopic (exact) mass is 311 g/mol. The molecule has 0 spiro atoms. The number of hydrogen-bond donors (Lipinski definition) is 0. The summed E-state index contributed by atoms with van der Waals surface area (Å²) in [5.41, 5.74) is 5.03. The second-order valence-corrected chi connectivity index (χ2v) is 7.48. The van der Waals surface area contributed by atoms with Crippen LogP contribution in [0.2, 0.25) is 0 Å². The fraction of sp³-hybridized carbons (Fsp3) is 0.500. The molecule has 0 aromatic heterocycles. The zero-order chi connectivity index (χ0) is 16.9. The number of nitrogens with zero attached hydrogens (tertiary/aromatic N) is 1. The Kier molecular flexibility index (Phi) is 3.91. The Morgan fingerprint density at radius 2 is 1.43 bits per heavy atom. The number of hydrogen-bond acceptors (Lipinski definition) is 3. The highest BCUT2D eigenvalue weighted by atomic mass is 16.2. The lowest BCUT2D eigenvalue weighted by Gasteiger charge is -2.37. The summed E-state index contributed by atoms with van der Waals surface area (Å²) >= 11 is 0. The van der Waals surface area contributed by atoms with E-state index in [1.165, 1.54) is 12.0 Å². The van der Waals surface area contributed by atoms with Gasteiger partial charge in [0, 0.05) is 13.1 Å². The van der Waals surface area contributed by atoms with Gasteiger partial charge in [0.05, 0.1) is 5.56 Å². The van der Waals surface area contributed by atoms with E-state index in [2.05, 4.69) is 44.7 Å². The Morgan fingerprint density at radius 1 is 0.870 bits per heavy atom. The van der Waals surface area contributed by atoms with Crippen LogP contribution >= 0.6 is 0 Å². The van der Waals surface area contributed by atoms with Gasteiger partial charge in [0.2, 0.25) is 10.9 Å². The zero-order valence-corrected chi connectivity index (χ0v) is 14.7. The van der Waals surface area contributed by atoms with E-state index in [0.29, 0.717) is 23.1 Å². The van der Waals surface area contributed by atoms with Crippen LogP contribution in [0.25, 0.3) is 11.1 Å². The number of aryl methyl sites for hydroxylation is 3. The summed E-state index contributed by atoms with van der Waals surface area (Å²) < 4.78 is 0. The molecule has 122 valence electrons. The van der Waals surface area contributed by atoms with Crippen molar-refractivity contribution in [3.8, 4) is 11.1 Å². The molecule has 3 heteroatoms.